The number of hydrogen-bond donors (Lipinski definition) is 2. The largest absolute Gasteiger partial charge is 0.497 e. The van der Waals surface area contributed by atoms with Crippen LogP contribution in [-0.2, 0) is 4.79 Å². The molecule has 1 aromatic rings. The normalized spacial score (nSPS) is 24.2. The number of aliphatic hydroxyl groups excluding tert-OH is 1. The second-order valence-corrected chi connectivity index (χ2v) is 3.95. The van der Waals surface area contributed by atoms with Gasteiger partial charge >= 0.3 is 0 Å². The predicted octanol–water partition coefficient (Wildman–Crippen LogP) is 0.660. The van der Waals surface area contributed by atoms with E-state index in [1.807, 2.05) is 24.3 Å². The van der Waals surface area contributed by atoms with Crippen LogP contribution in [0, 0.1) is 0 Å². The third-order valence-electron chi connectivity index (χ3n) is 2.92. The Morgan fingerprint density at radius 1 is 1.44 bits per heavy atom. The van der Waals surface area contributed by atoms with Crippen LogP contribution in [0.5, 0.6) is 5.75 Å². The van der Waals surface area contributed by atoms with Crippen LogP contribution in [0.15, 0.2) is 24.3 Å². The summed E-state index contributed by atoms with van der Waals surface area (Å²) in [5.74, 6) is 0.619. The van der Waals surface area contributed by atoms with Gasteiger partial charge in [-0.25, -0.2) is 0 Å². The molecule has 0 bridgehead atoms. The number of amides is 1. The van der Waals surface area contributed by atoms with Gasteiger partial charge < -0.3 is 15.2 Å². The number of carbonyl (C=O) groups excluding carboxylic acids is 1. The van der Waals surface area contributed by atoms with Gasteiger partial charge in [-0.3, -0.25) is 4.79 Å². The molecule has 1 unspecified atom stereocenters. The molecule has 1 heterocycles. The standard InChI is InChI=1S/C12H15NO3/c1-16-10-4-2-8(3-5-10)11-6-9(7-14)13-12(11)15/h2-5,9,11,14H,6-7H2,1H3,(H,13,15)/t9?,11-/m0/s1. The van der Waals surface area contributed by atoms with E-state index < -0.39 is 0 Å². The number of nitrogens with one attached hydrogen (secondary N) is 1. The molecule has 1 aromatic carbocycles. The van der Waals surface area contributed by atoms with Crippen LogP contribution in [0.4, 0.5) is 0 Å². The molecule has 2 rings (SSSR count). The summed E-state index contributed by atoms with van der Waals surface area (Å²) >= 11 is 0. The van der Waals surface area contributed by atoms with Gasteiger partial charge in [-0.1, -0.05) is 12.1 Å². The molecule has 0 aromatic heterocycles. The zero-order chi connectivity index (χ0) is 11.5. The van der Waals surface area contributed by atoms with E-state index in [0.717, 1.165) is 11.3 Å². The first-order valence-corrected chi connectivity index (χ1v) is 5.29. The fraction of sp³-hybridized carbons (Fsp3) is 0.417. The van der Waals surface area contributed by atoms with E-state index in [1.165, 1.54) is 0 Å². The Balaban J connectivity index is 2.15. The highest BCUT2D eigenvalue weighted by atomic mass is 16.5. The van der Waals surface area contributed by atoms with E-state index in [4.69, 9.17) is 9.84 Å². The second-order valence-electron chi connectivity index (χ2n) is 3.95. The van der Waals surface area contributed by atoms with Gasteiger partial charge in [0.2, 0.25) is 5.91 Å². The molecular weight excluding hydrogens is 206 g/mol. The van der Waals surface area contributed by atoms with Crippen LogP contribution in [0.1, 0.15) is 17.9 Å². The third-order valence-corrected chi connectivity index (χ3v) is 2.92. The highest BCUT2D eigenvalue weighted by molar-refractivity contribution is 5.86. The maximum Gasteiger partial charge on any atom is 0.227 e. The Morgan fingerprint density at radius 3 is 2.62 bits per heavy atom. The molecule has 16 heavy (non-hydrogen) atoms. The highest BCUT2D eigenvalue weighted by Crippen LogP contribution is 2.27. The van der Waals surface area contributed by atoms with E-state index in [9.17, 15) is 4.79 Å². The summed E-state index contributed by atoms with van der Waals surface area (Å²) in [6.45, 7) is -0.00159. The molecule has 4 heteroatoms. The van der Waals surface area contributed by atoms with Crippen molar-refractivity contribution in [2.75, 3.05) is 13.7 Å². The van der Waals surface area contributed by atoms with Crippen LogP contribution in [0.25, 0.3) is 0 Å². The van der Waals surface area contributed by atoms with Crippen LogP contribution < -0.4 is 10.1 Å². The topological polar surface area (TPSA) is 58.6 Å². The number of rotatable bonds is 3. The smallest absolute Gasteiger partial charge is 0.227 e. The zero-order valence-corrected chi connectivity index (χ0v) is 9.14. The van der Waals surface area contributed by atoms with Crippen molar-refractivity contribution in [3.63, 3.8) is 0 Å². The molecule has 4 nitrogen and oxygen atoms in total. The average Bonchev–Trinajstić information content (AvgIpc) is 2.71. The summed E-state index contributed by atoms with van der Waals surface area (Å²) in [5.41, 5.74) is 0.967. The lowest BCUT2D eigenvalue weighted by atomic mass is 9.96. The molecule has 1 saturated heterocycles. The van der Waals surface area contributed by atoms with Gasteiger partial charge in [0.05, 0.1) is 25.7 Å². The quantitative estimate of drug-likeness (QED) is 0.788. The van der Waals surface area contributed by atoms with Gasteiger partial charge in [-0.15, -0.1) is 0 Å². The monoisotopic (exact) mass is 221 g/mol. The summed E-state index contributed by atoms with van der Waals surface area (Å²) in [6, 6.07) is 7.36. The molecule has 0 radical (unpaired) electrons. The SMILES string of the molecule is COc1ccc([C@@H]2CC(CO)NC2=O)cc1. The number of ether oxygens (including phenoxy) is 1. The predicted molar refractivity (Wildman–Crippen MR) is 59.4 cm³/mol. The van der Waals surface area contributed by atoms with E-state index >= 15 is 0 Å². The number of aliphatic hydroxyl groups is 1. The summed E-state index contributed by atoms with van der Waals surface area (Å²) in [5, 5.41) is 11.8. The molecule has 1 amide bonds. The number of hydrogen-bond acceptors (Lipinski definition) is 3. The lowest BCUT2D eigenvalue weighted by molar-refractivity contribution is -0.120. The minimum absolute atomic E-state index is 0.00159. The molecule has 2 N–H and O–H groups in total. The van der Waals surface area contributed by atoms with Crippen molar-refractivity contribution >= 4 is 5.91 Å². The van der Waals surface area contributed by atoms with Crippen LogP contribution in [0.2, 0.25) is 0 Å². The van der Waals surface area contributed by atoms with Crippen molar-refractivity contribution < 1.29 is 14.6 Å². The summed E-state index contributed by atoms with van der Waals surface area (Å²) in [4.78, 5) is 11.6. The van der Waals surface area contributed by atoms with Gasteiger partial charge in [-0.05, 0) is 24.1 Å². The molecule has 0 spiro atoms. The van der Waals surface area contributed by atoms with Gasteiger partial charge in [0, 0.05) is 0 Å². The van der Waals surface area contributed by atoms with Crippen molar-refractivity contribution in [2.45, 2.75) is 18.4 Å². The lowest BCUT2D eigenvalue weighted by Gasteiger charge is -2.08. The van der Waals surface area contributed by atoms with Crippen molar-refractivity contribution in [3.8, 4) is 5.75 Å². The zero-order valence-electron chi connectivity index (χ0n) is 9.14. The number of carbonyl (C=O) groups is 1. The van der Waals surface area contributed by atoms with Crippen LogP contribution in [0.3, 0.4) is 0 Å². The van der Waals surface area contributed by atoms with Gasteiger partial charge in [0.25, 0.3) is 0 Å². The summed E-state index contributed by atoms with van der Waals surface area (Å²) in [6.07, 6.45) is 0.654. The lowest BCUT2D eigenvalue weighted by Crippen LogP contribution is -2.28. The first kappa shape index (κ1) is 11.0. The maximum absolute atomic E-state index is 11.6. The molecule has 1 fully saturated rings. The van der Waals surface area contributed by atoms with Crippen molar-refractivity contribution in [1.82, 2.24) is 5.32 Å². The molecule has 2 atom stereocenters. The Hall–Kier alpha value is -1.55. The summed E-state index contributed by atoms with van der Waals surface area (Å²) < 4.78 is 5.06. The summed E-state index contributed by atoms with van der Waals surface area (Å²) in [7, 11) is 1.61. The Kier molecular flexibility index (Phi) is 3.10. The molecule has 1 aliphatic heterocycles. The van der Waals surface area contributed by atoms with Crippen molar-refractivity contribution in [3.05, 3.63) is 29.8 Å². The first-order valence-electron chi connectivity index (χ1n) is 5.29. The van der Waals surface area contributed by atoms with E-state index in [0.29, 0.717) is 6.42 Å². The van der Waals surface area contributed by atoms with Crippen molar-refractivity contribution in [2.24, 2.45) is 0 Å². The number of benzene rings is 1. The van der Waals surface area contributed by atoms with Crippen molar-refractivity contribution in [1.29, 1.82) is 0 Å². The minimum Gasteiger partial charge on any atom is -0.497 e. The van der Waals surface area contributed by atoms with Gasteiger partial charge in [-0.2, -0.15) is 0 Å². The molecular formula is C12H15NO3. The number of methoxy groups -OCH3 is 1. The molecule has 0 saturated carbocycles. The van der Waals surface area contributed by atoms with E-state index in [-0.39, 0.29) is 24.5 Å². The molecule has 1 aliphatic rings. The Labute approximate surface area is 94.2 Å². The van der Waals surface area contributed by atoms with Gasteiger partial charge in [0.1, 0.15) is 5.75 Å². The first-order chi connectivity index (χ1) is 7.74. The van der Waals surface area contributed by atoms with Crippen LogP contribution in [-0.4, -0.2) is 30.8 Å². The van der Waals surface area contributed by atoms with E-state index in [2.05, 4.69) is 5.32 Å². The fourth-order valence-corrected chi connectivity index (χ4v) is 2.00. The third kappa shape index (κ3) is 2.02. The molecule has 86 valence electrons. The second kappa shape index (κ2) is 4.53. The minimum atomic E-state index is -0.150. The molecule has 0 aliphatic carbocycles. The fourth-order valence-electron chi connectivity index (χ4n) is 2.00. The van der Waals surface area contributed by atoms with E-state index in [1.54, 1.807) is 7.11 Å². The Morgan fingerprint density at radius 2 is 2.12 bits per heavy atom. The Bertz CT molecular complexity index is 374. The van der Waals surface area contributed by atoms with Crippen LogP contribution >= 0.6 is 0 Å². The highest BCUT2D eigenvalue weighted by Gasteiger charge is 2.32. The average molecular weight is 221 g/mol. The maximum atomic E-state index is 11.6. The van der Waals surface area contributed by atoms with Gasteiger partial charge in [0.15, 0.2) is 0 Å².